The number of aromatic carboxylic acids is 1. The summed E-state index contributed by atoms with van der Waals surface area (Å²) in [6.07, 6.45) is 0.736. The molecule has 0 radical (unpaired) electrons. The molecule has 0 saturated carbocycles. The van der Waals surface area contributed by atoms with Crippen molar-refractivity contribution in [1.29, 1.82) is 0 Å². The van der Waals surface area contributed by atoms with Crippen LogP contribution in [0.5, 0.6) is 10.8 Å². The van der Waals surface area contributed by atoms with Gasteiger partial charge in [-0.3, -0.25) is 0 Å². The molecule has 2 heterocycles. The molecule has 0 aliphatic carbocycles. The van der Waals surface area contributed by atoms with Crippen LogP contribution in [0.2, 0.25) is 0 Å². The molecule has 11 heteroatoms. The minimum atomic E-state index is -1.19. The smallest absolute Gasteiger partial charge is 0.336 e. The number of aromatic nitrogens is 2. The average molecular weight is 453 g/mol. The number of anilines is 1. The number of methoxy groups -OCH3 is 1. The first-order valence-electron chi connectivity index (χ1n) is 8.67. The third-order valence-electron chi connectivity index (χ3n) is 4.31. The van der Waals surface area contributed by atoms with Gasteiger partial charge in [-0.1, -0.05) is 0 Å². The molecular weight excluding hydrogens is 435 g/mol. The summed E-state index contributed by atoms with van der Waals surface area (Å²) in [7, 11) is 1.52. The molecule has 3 aromatic rings. The van der Waals surface area contributed by atoms with Gasteiger partial charge in [0.15, 0.2) is 11.6 Å². The molecule has 2 aromatic heterocycles. The van der Waals surface area contributed by atoms with Crippen molar-refractivity contribution >= 4 is 35.1 Å². The number of nitrogen functional groups attached to an aromatic ring is 1. The molecule has 0 aliphatic heterocycles. The molecule has 3 rings (SSSR count). The lowest BCUT2D eigenvalue weighted by Crippen LogP contribution is -2.12. The number of hydrogen-bond acceptors (Lipinski definition) is 8. The Morgan fingerprint density at radius 1 is 1.43 bits per heavy atom. The van der Waals surface area contributed by atoms with Gasteiger partial charge < -0.3 is 20.3 Å². The van der Waals surface area contributed by atoms with Crippen LogP contribution in [-0.4, -0.2) is 27.5 Å². The van der Waals surface area contributed by atoms with Gasteiger partial charge in [0.1, 0.15) is 11.9 Å². The molecule has 0 saturated heterocycles. The number of benzene rings is 1. The van der Waals surface area contributed by atoms with Gasteiger partial charge in [-0.25, -0.2) is 19.0 Å². The maximum absolute atomic E-state index is 13.7. The summed E-state index contributed by atoms with van der Waals surface area (Å²) < 4.78 is 29.3. The van der Waals surface area contributed by atoms with Gasteiger partial charge in [0, 0.05) is 28.9 Å². The van der Waals surface area contributed by atoms with E-state index in [9.17, 15) is 14.3 Å². The average Bonchev–Trinajstić information content (AvgIpc) is 3.12. The second-order valence-electron chi connectivity index (χ2n) is 6.21. The van der Waals surface area contributed by atoms with E-state index in [0.717, 1.165) is 23.7 Å². The van der Waals surface area contributed by atoms with E-state index in [1.807, 2.05) is 0 Å². The van der Waals surface area contributed by atoms with Gasteiger partial charge in [0.2, 0.25) is 5.06 Å². The number of carboxylic acids is 1. The molecule has 0 spiro atoms. The standard InChI is InChI=1S/C19H18ClFN4O4S/c1-9(13-6-11(21)3-4-12(13)18(26)27)29-15-5-10(7-23-17(15)22)16-14(8-24-20)25-30-19(16)28-2/h3-7,9,24H,8H2,1-2H3,(H2,22,23)(H,26,27)/t9-/m1/s1. The zero-order chi connectivity index (χ0) is 21.8. The summed E-state index contributed by atoms with van der Waals surface area (Å²) >= 11 is 6.79. The molecule has 0 unspecified atom stereocenters. The van der Waals surface area contributed by atoms with Crippen molar-refractivity contribution in [3.05, 3.63) is 53.1 Å². The number of carbonyl (C=O) groups is 1. The quantitative estimate of drug-likeness (QED) is 0.438. The normalized spacial score (nSPS) is 11.9. The van der Waals surface area contributed by atoms with Gasteiger partial charge in [-0.05, 0) is 43.0 Å². The summed E-state index contributed by atoms with van der Waals surface area (Å²) in [5.74, 6) is -1.46. The number of nitrogens with two attached hydrogens (primary N) is 1. The Labute approximate surface area is 180 Å². The number of halogens is 2. The van der Waals surface area contributed by atoms with Crippen molar-refractivity contribution in [1.82, 2.24) is 14.2 Å². The van der Waals surface area contributed by atoms with Gasteiger partial charge in [-0.2, -0.15) is 4.37 Å². The van der Waals surface area contributed by atoms with Crippen molar-refractivity contribution in [3.8, 4) is 21.9 Å². The fourth-order valence-corrected chi connectivity index (χ4v) is 3.80. The van der Waals surface area contributed by atoms with E-state index in [-0.39, 0.29) is 22.7 Å². The van der Waals surface area contributed by atoms with E-state index in [2.05, 4.69) is 14.2 Å². The molecule has 1 aromatic carbocycles. The summed E-state index contributed by atoms with van der Waals surface area (Å²) in [4.78, 5) is 18.2. The van der Waals surface area contributed by atoms with E-state index in [0.29, 0.717) is 28.4 Å². The second-order valence-corrected chi connectivity index (χ2v) is 7.21. The third-order valence-corrected chi connectivity index (χ3v) is 5.29. The Kier molecular flexibility index (Phi) is 6.70. The second kappa shape index (κ2) is 9.24. The molecular formula is C19H18ClFN4O4S. The van der Waals surface area contributed by atoms with E-state index in [1.54, 1.807) is 19.2 Å². The van der Waals surface area contributed by atoms with Crippen LogP contribution in [0.25, 0.3) is 11.1 Å². The van der Waals surface area contributed by atoms with E-state index < -0.39 is 17.9 Å². The molecule has 0 bridgehead atoms. The van der Waals surface area contributed by atoms with Crippen molar-refractivity contribution in [2.45, 2.75) is 19.6 Å². The number of nitrogens with one attached hydrogen (secondary N) is 1. The summed E-state index contributed by atoms with van der Waals surface area (Å²) in [5.41, 5.74) is 8.02. The van der Waals surface area contributed by atoms with Crippen molar-refractivity contribution in [2.24, 2.45) is 0 Å². The maximum atomic E-state index is 13.7. The zero-order valence-electron chi connectivity index (χ0n) is 16.0. The van der Waals surface area contributed by atoms with Crippen LogP contribution in [0.3, 0.4) is 0 Å². The zero-order valence-corrected chi connectivity index (χ0v) is 17.6. The predicted octanol–water partition coefficient (Wildman–Crippen LogP) is 4.02. The van der Waals surface area contributed by atoms with Crippen LogP contribution >= 0.6 is 23.3 Å². The van der Waals surface area contributed by atoms with Crippen LogP contribution in [-0.2, 0) is 6.54 Å². The van der Waals surface area contributed by atoms with Crippen LogP contribution in [0, 0.1) is 5.82 Å². The predicted molar refractivity (Wildman–Crippen MR) is 111 cm³/mol. The Morgan fingerprint density at radius 3 is 2.87 bits per heavy atom. The van der Waals surface area contributed by atoms with E-state index in [4.69, 9.17) is 27.0 Å². The Hall–Kier alpha value is -2.95. The highest BCUT2D eigenvalue weighted by atomic mass is 35.5. The minimum Gasteiger partial charge on any atom is -0.486 e. The van der Waals surface area contributed by atoms with Crippen LogP contribution in [0.15, 0.2) is 30.5 Å². The Morgan fingerprint density at radius 2 is 2.20 bits per heavy atom. The van der Waals surface area contributed by atoms with E-state index >= 15 is 0 Å². The minimum absolute atomic E-state index is 0.0641. The Bertz CT molecular complexity index is 1080. The largest absolute Gasteiger partial charge is 0.486 e. The summed E-state index contributed by atoms with van der Waals surface area (Å²) in [6, 6.07) is 5.04. The molecule has 0 fully saturated rings. The van der Waals surface area contributed by atoms with Gasteiger partial charge >= 0.3 is 5.97 Å². The van der Waals surface area contributed by atoms with Crippen LogP contribution in [0.1, 0.15) is 34.6 Å². The number of carboxylic acid groups (broad SMARTS) is 1. The molecule has 30 heavy (non-hydrogen) atoms. The summed E-state index contributed by atoms with van der Waals surface area (Å²) in [6.45, 7) is 1.89. The van der Waals surface area contributed by atoms with Gasteiger partial charge in [0.05, 0.1) is 30.5 Å². The lowest BCUT2D eigenvalue weighted by atomic mass is 10.0. The highest BCUT2D eigenvalue weighted by molar-refractivity contribution is 7.08. The monoisotopic (exact) mass is 452 g/mol. The summed E-state index contributed by atoms with van der Waals surface area (Å²) in [5, 5.41) is 9.94. The molecule has 158 valence electrons. The highest BCUT2D eigenvalue weighted by Gasteiger charge is 2.21. The first kappa shape index (κ1) is 21.8. The van der Waals surface area contributed by atoms with Gasteiger partial charge in [0.25, 0.3) is 0 Å². The maximum Gasteiger partial charge on any atom is 0.336 e. The van der Waals surface area contributed by atoms with Crippen molar-refractivity contribution in [3.63, 3.8) is 0 Å². The Balaban J connectivity index is 1.99. The molecule has 1 atom stereocenters. The number of hydrogen-bond donors (Lipinski definition) is 3. The topological polar surface area (TPSA) is 120 Å². The molecule has 0 aliphatic rings. The van der Waals surface area contributed by atoms with Gasteiger partial charge in [-0.15, -0.1) is 0 Å². The van der Waals surface area contributed by atoms with Crippen LogP contribution in [0.4, 0.5) is 10.2 Å². The van der Waals surface area contributed by atoms with Crippen LogP contribution < -0.4 is 20.0 Å². The number of pyridine rings is 1. The lowest BCUT2D eigenvalue weighted by molar-refractivity contribution is 0.0691. The number of rotatable bonds is 8. The molecule has 4 N–H and O–H groups in total. The number of ether oxygens (including phenoxy) is 2. The third kappa shape index (κ3) is 4.45. The fourth-order valence-electron chi connectivity index (χ4n) is 2.92. The fraction of sp³-hybridized carbons (Fsp3) is 0.211. The van der Waals surface area contributed by atoms with Crippen molar-refractivity contribution < 1.29 is 23.8 Å². The molecule has 0 amide bonds. The first-order valence-corrected chi connectivity index (χ1v) is 9.82. The van der Waals surface area contributed by atoms with E-state index in [1.165, 1.54) is 13.2 Å². The highest BCUT2D eigenvalue weighted by Crippen LogP contribution is 2.39. The van der Waals surface area contributed by atoms with Crippen molar-refractivity contribution in [2.75, 3.05) is 12.8 Å². The molecule has 8 nitrogen and oxygen atoms in total. The SMILES string of the molecule is COc1snc(CNCl)c1-c1cnc(N)c(O[C@H](C)c2cc(F)ccc2C(=O)O)c1. The lowest BCUT2D eigenvalue weighted by Gasteiger charge is -2.18. The first-order chi connectivity index (χ1) is 14.3. The number of nitrogens with zero attached hydrogens (tertiary/aromatic N) is 2.